The Kier molecular flexibility index (Phi) is 3.21. The van der Waals surface area contributed by atoms with Gasteiger partial charge >= 0.3 is 128 Å². The third kappa shape index (κ3) is 2.25. The normalized spacial score (nSPS) is 11.7. The monoisotopic (exact) mass is 341 g/mol. The van der Waals surface area contributed by atoms with Crippen LogP contribution in [-0.2, 0) is 6.42 Å². The van der Waals surface area contributed by atoms with E-state index >= 15 is 0 Å². The summed E-state index contributed by atoms with van der Waals surface area (Å²) in [6.07, 6.45) is 5.30. The summed E-state index contributed by atoms with van der Waals surface area (Å²) < 4.78 is 2.46. The van der Waals surface area contributed by atoms with Gasteiger partial charge in [0.05, 0.1) is 0 Å². The molecule has 0 amide bonds. The molecule has 21 heavy (non-hydrogen) atoms. The van der Waals surface area contributed by atoms with Gasteiger partial charge in [-0.1, -0.05) is 0 Å². The third-order valence-electron chi connectivity index (χ3n) is 3.71. The van der Waals surface area contributed by atoms with Crippen LogP contribution in [0.25, 0.3) is 30.5 Å². The molecule has 0 atom stereocenters. The second-order valence-electron chi connectivity index (χ2n) is 5.24. The fraction of sp³-hybridized carbons (Fsp3) is 0.235. The number of unbranched alkanes of at least 4 members (excludes halogenated alkanes) is 1. The molecule has 0 unspecified atom stereocenters. The second-order valence-corrected chi connectivity index (χ2v) is 7.40. The van der Waals surface area contributed by atoms with E-state index in [4.69, 9.17) is 9.97 Å². The number of pyridine rings is 1. The van der Waals surface area contributed by atoms with E-state index in [2.05, 4.69) is 36.2 Å². The molecule has 0 aliphatic carbocycles. The fourth-order valence-electron chi connectivity index (χ4n) is 2.58. The van der Waals surface area contributed by atoms with Crippen LogP contribution in [0.4, 0.5) is 0 Å². The Morgan fingerprint density at radius 1 is 1.14 bits per heavy atom. The second kappa shape index (κ2) is 5.21. The molecule has 0 fully saturated rings. The van der Waals surface area contributed by atoms with Crippen molar-refractivity contribution in [1.82, 2.24) is 15.0 Å². The summed E-state index contributed by atoms with van der Waals surface area (Å²) in [7, 11) is 0. The fourth-order valence-corrected chi connectivity index (χ4v) is 4.63. The van der Waals surface area contributed by atoms with Gasteiger partial charge < -0.3 is 0 Å². The number of aryl methyl sites for hydroxylation is 1. The zero-order valence-electron chi connectivity index (χ0n) is 11.8. The van der Waals surface area contributed by atoms with Crippen LogP contribution in [0.15, 0.2) is 36.5 Å². The van der Waals surface area contributed by atoms with Crippen LogP contribution in [-0.4, -0.2) is 29.5 Å². The Morgan fingerprint density at radius 3 is 2.95 bits per heavy atom. The van der Waals surface area contributed by atoms with Crippen LogP contribution >= 0.6 is 0 Å². The number of rotatable bonds is 3. The van der Waals surface area contributed by atoms with Crippen molar-refractivity contribution in [3.63, 3.8) is 0 Å². The van der Waals surface area contributed by atoms with Crippen LogP contribution in [0, 0.1) is 0 Å². The van der Waals surface area contributed by atoms with Crippen molar-refractivity contribution in [3.05, 3.63) is 42.4 Å². The van der Waals surface area contributed by atoms with Gasteiger partial charge in [-0.15, -0.1) is 0 Å². The number of fused-ring (bicyclic) bond motifs is 4. The molecule has 4 rings (SSSR count). The molecular formula is C17H15N3Se. The van der Waals surface area contributed by atoms with E-state index in [1.54, 1.807) is 0 Å². The third-order valence-corrected chi connectivity index (χ3v) is 5.86. The molecule has 4 heteroatoms. The van der Waals surface area contributed by atoms with E-state index in [9.17, 15) is 0 Å². The first kappa shape index (κ1) is 12.9. The van der Waals surface area contributed by atoms with Gasteiger partial charge in [0.15, 0.2) is 0 Å². The van der Waals surface area contributed by atoms with Gasteiger partial charge in [0.25, 0.3) is 0 Å². The Bertz CT molecular complexity index is 943. The van der Waals surface area contributed by atoms with Crippen molar-refractivity contribution in [2.24, 2.45) is 0 Å². The van der Waals surface area contributed by atoms with Gasteiger partial charge in [-0.3, -0.25) is 0 Å². The first-order valence-corrected chi connectivity index (χ1v) is 9.00. The van der Waals surface area contributed by atoms with Gasteiger partial charge in [0.2, 0.25) is 0 Å². The van der Waals surface area contributed by atoms with Gasteiger partial charge in [-0.2, -0.15) is 0 Å². The van der Waals surface area contributed by atoms with E-state index in [0.717, 1.165) is 29.7 Å². The minimum atomic E-state index is 0.234. The number of hydrogen-bond acceptors (Lipinski definition) is 3. The predicted molar refractivity (Wildman–Crippen MR) is 87.9 cm³/mol. The van der Waals surface area contributed by atoms with Gasteiger partial charge in [-0.25, -0.2) is 0 Å². The van der Waals surface area contributed by atoms with Crippen molar-refractivity contribution in [2.75, 3.05) is 0 Å². The summed E-state index contributed by atoms with van der Waals surface area (Å²) in [6, 6.07) is 10.5. The van der Waals surface area contributed by atoms with Crippen molar-refractivity contribution in [3.8, 4) is 0 Å². The summed E-state index contributed by atoms with van der Waals surface area (Å²) in [6.45, 7) is 2.20. The van der Waals surface area contributed by atoms with Gasteiger partial charge in [-0.05, 0) is 0 Å². The molecule has 1 aromatic carbocycles. The first-order valence-electron chi connectivity index (χ1n) is 7.29. The maximum absolute atomic E-state index is 4.82. The van der Waals surface area contributed by atoms with Crippen LogP contribution in [0.3, 0.4) is 0 Å². The van der Waals surface area contributed by atoms with Crippen LogP contribution in [0.1, 0.15) is 25.6 Å². The number of hydrogen-bond donors (Lipinski definition) is 0. The maximum atomic E-state index is 4.82. The molecule has 3 nitrogen and oxygen atoms in total. The summed E-state index contributed by atoms with van der Waals surface area (Å²) in [5, 5.41) is 2.40. The Morgan fingerprint density at radius 2 is 2.05 bits per heavy atom. The van der Waals surface area contributed by atoms with E-state index < -0.39 is 0 Å². The molecule has 4 aromatic rings. The summed E-state index contributed by atoms with van der Waals surface area (Å²) in [5.41, 5.74) is 2.19. The quantitative estimate of drug-likeness (QED) is 0.534. The van der Waals surface area contributed by atoms with Crippen LogP contribution in [0.2, 0.25) is 0 Å². The number of aromatic nitrogens is 3. The predicted octanol–water partition coefficient (Wildman–Crippen LogP) is 3.73. The molecule has 0 aliphatic heterocycles. The molecule has 104 valence electrons. The zero-order valence-corrected chi connectivity index (χ0v) is 13.5. The number of benzene rings is 1. The minimum absolute atomic E-state index is 0.234. The van der Waals surface area contributed by atoms with Crippen molar-refractivity contribution < 1.29 is 0 Å². The van der Waals surface area contributed by atoms with Crippen molar-refractivity contribution in [2.45, 2.75) is 26.2 Å². The van der Waals surface area contributed by atoms with E-state index in [1.807, 2.05) is 12.3 Å². The van der Waals surface area contributed by atoms with E-state index in [-0.39, 0.29) is 14.5 Å². The average Bonchev–Trinajstić information content (AvgIpc) is 2.87. The van der Waals surface area contributed by atoms with Gasteiger partial charge in [0.1, 0.15) is 0 Å². The topological polar surface area (TPSA) is 38.7 Å². The Balaban J connectivity index is 1.97. The Labute approximate surface area is 128 Å². The Hall–Kier alpha value is -1.77. The summed E-state index contributed by atoms with van der Waals surface area (Å²) >= 11 is 0.234. The standard InChI is InChI=1S/C17H15N3Se/c1-2-3-8-15-18-10-14-16(20-15)12-9-11-6-4-5-7-13(11)19-17(12)21-14/h4-7,9-10H,2-3,8H2,1H3. The van der Waals surface area contributed by atoms with Crippen LogP contribution in [0.5, 0.6) is 0 Å². The average molecular weight is 340 g/mol. The molecule has 0 N–H and O–H groups in total. The summed E-state index contributed by atoms with van der Waals surface area (Å²) in [4.78, 5) is 14.1. The SMILES string of the molecule is CCCCc1ncc2[se]c3nc4ccccc4cc3c2n1. The number of para-hydroxylation sites is 1. The summed E-state index contributed by atoms with van der Waals surface area (Å²) in [5.74, 6) is 0.965. The van der Waals surface area contributed by atoms with Gasteiger partial charge in [0, 0.05) is 0 Å². The molecule has 0 spiro atoms. The molecule has 3 aromatic heterocycles. The molecule has 0 radical (unpaired) electrons. The van der Waals surface area contributed by atoms with E-state index in [1.165, 1.54) is 25.8 Å². The first-order chi connectivity index (χ1) is 10.3. The van der Waals surface area contributed by atoms with E-state index in [0.29, 0.717) is 0 Å². The molecular weight excluding hydrogens is 325 g/mol. The van der Waals surface area contributed by atoms with Crippen molar-refractivity contribution in [1.29, 1.82) is 0 Å². The molecule has 0 aliphatic rings. The molecule has 0 bridgehead atoms. The van der Waals surface area contributed by atoms with Crippen molar-refractivity contribution >= 4 is 45.0 Å². The molecule has 0 saturated carbocycles. The molecule has 0 saturated heterocycles. The zero-order chi connectivity index (χ0) is 14.2. The van der Waals surface area contributed by atoms with Crippen LogP contribution < -0.4 is 0 Å². The molecule has 3 heterocycles. The number of nitrogens with zero attached hydrogens (tertiary/aromatic N) is 3.